The summed E-state index contributed by atoms with van der Waals surface area (Å²) in [6.07, 6.45) is 1.16. The minimum atomic E-state index is -1.31. The van der Waals surface area contributed by atoms with Crippen LogP contribution in [-0.2, 0) is 24.2 Å². The number of carbonyl (C=O) groups excluding carboxylic acids is 2. The highest BCUT2D eigenvalue weighted by molar-refractivity contribution is 5.91. The molecular weight excluding hydrogens is 192 g/mol. The van der Waals surface area contributed by atoms with E-state index in [0.29, 0.717) is 12.2 Å². The van der Waals surface area contributed by atoms with Crippen molar-refractivity contribution in [3.8, 4) is 0 Å². The number of hydrogen-bond acceptors (Lipinski definition) is 5. The highest BCUT2D eigenvalue weighted by Crippen LogP contribution is 1.93. The summed E-state index contributed by atoms with van der Waals surface area (Å²) in [5, 5.41) is 8.11. The summed E-state index contributed by atoms with van der Waals surface area (Å²) in [5.74, 6) is -3.31. The Hall–Kier alpha value is -2.11. The van der Waals surface area contributed by atoms with E-state index in [4.69, 9.17) is 5.11 Å². The molecule has 0 bridgehead atoms. The van der Waals surface area contributed by atoms with Gasteiger partial charge in [-0.15, -0.1) is 0 Å². The van der Waals surface area contributed by atoms with Gasteiger partial charge in [0.25, 0.3) is 0 Å². The number of carbonyl (C=O) groups is 3. The lowest BCUT2D eigenvalue weighted by Crippen LogP contribution is -2.10. The zero-order chi connectivity index (χ0) is 11.1. The summed E-state index contributed by atoms with van der Waals surface area (Å²) < 4.78 is 0. The van der Waals surface area contributed by atoms with Gasteiger partial charge in [-0.3, -0.25) is 0 Å². The molecule has 0 atom stereocenters. The van der Waals surface area contributed by atoms with Crippen LogP contribution in [0.2, 0.25) is 0 Å². The van der Waals surface area contributed by atoms with Crippen LogP contribution in [0.1, 0.15) is 6.92 Å². The first-order chi connectivity index (χ1) is 6.43. The Morgan fingerprint density at radius 1 is 1.21 bits per heavy atom. The molecule has 0 aromatic carbocycles. The SMILES string of the molecule is C=C(C)C(=O)OOC(=O)/C=C\C(=O)O. The number of carboxylic acids is 1. The molecule has 14 heavy (non-hydrogen) atoms. The number of aliphatic carboxylic acids is 1. The third-order valence-corrected chi connectivity index (χ3v) is 0.910. The molecule has 0 rings (SSSR count). The lowest BCUT2D eigenvalue weighted by molar-refractivity contribution is -0.251. The minimum Gasteiger partial charge on any atom is -0.478 e. The van der Waals surface area contributed by atoms with E-state index >= 15 is 0 Å². The van der Waals surface area contributed by atoms with Crippen LogP contribution in [0.25, 0.3) is 0 Å². The summed E-state index contributed by atoms with van der Waals surface area (Å²) in [6.45, 7) is 4.59. The van der Waals surface area contributed by atoms with E-state index in [1.807, 2.05) is 0 Å². The fourth-order valence-electron chi connectivity index (χ4n) is 0.317. The summed E-state index contributed by atoms with van der Waals surface area (Å²) in [7, 11) is 0. The Kier molecular flexibility index (Phi) is 4.69. The Labute approximate surface area is 79.3 Å². The predicted molar refractivity (Wildman–Crippen MR) is 43.8 cm³/mol. The second-order valence-corrected chi connectivity index (χ2v) is 2.23. The summed E-state index contributed by atoms with van der Waals surface area (Å²) >= 11 is 0. The highest BCUT2D eigenvalue weighted by atomic mass is 17.2. The lowest BCUT2D eigenvalue weighted by Gasteiger charge is -1.98. The van der Waals surface area contributed by atoms with Gasteiger partial charge in [-0.05, 0) is 6.92 Å². The van der Waals surface area contributed by atoms with Crippen LogP contribution in [0.5, 0.6) is 0 Å². The predicted octanol–water partition coefficient (Wildman–Crippen LogP) is 0.205. The quantitative estimate of drug-likeness (QED) is 0.397. The van der Waals surface area contributed by atoms with Crippen molar-refractivity contribution in [2.75, 3.05) is 0 Å². The van der Waals surface area contributed by atoms with Gasteiger partial charge in [0, 0.05) is 17.7 Å². The van der Waals surface area contributed by atoms with Crippen molar-refractivity contribution in [3.63, 3.8) is 0 Å². The van der Waals surface area contributed by atoms with Crippen LogP contribution in [0, 0.1) is 0 Å². The average Bonchev–Trinajstić information content (AvgIpc) is 2.10. The molecule has 0 spiro atoms. The molecule has 0 radical (unpaired) electrons. The average molecular weight is 200 g/mol. The monoisotopic (exact) mass is 200 g/mol. The Bertz CT molecular complexity index is 301. The minimum absolute atomic E-state index is 0.0556. The van der Waals surface area contributed by atoms with Gasteiger partial charge in [0.1, 0.15) is 0 Å². The van der Waals surface area contributed by atoms with Gasteiger partial charge in [-0.2, -0.15) is 0 Å². The first kappa shape index (κ1) is 11.9. The molecule has 0 saturated heterocycles. The zero-order valence-electron chi connectivity index (χ0n) is 7.35. The zero-order valence-corrected chi connectivity index (χ0v) is 7.35. The van der Waals surface area contributed by atoms with Gasteiger partial charge in [0.15, 0.2) is 0 Å². The molecule has 1 N–H and O–H groups in total. The number of rotatable bonds is 3. The second kappa shape index (κ2) is 5.52. The number of hydrogen-bond donors (Lipinski definition) is 1. The van der Waals surface area contributed by atoms with E-state index in [0.717, 1.165) is 0 Å². The molecule has 0 aromatic rings. The van der Waals surface area contributed by atoms with E-state index in [9.17, 15) is 14.4 Å². The van der Waals surface area contributed by atoms with Crippen LogP contribution in [0.4, 0.5) is 0 Å². The van der Waals surface area contributed by atoms with Gasteiger partial charge in [-0.25, -0.2) is 24.2 Å². The molecule has 6 nitrogen and oxygen atoms in total. The maximum absolute atomic E-state index is 10.6. The Morgan fingerprint density at radius 2 is 1.79 bits per heavy atom. The van der Waals surface area contributed by atoms with Crippen molar-refractivity contribution in [1.29, 1.82) is 0 Å². The molecule has 76 valence electrons. The van der Waals surface area contributed by atoms with Crippen molar-refractivity contribution >= 4 is 17.9 Å². The van der Waals surface area contributed by atoms with Crippen LogP contribution >= 0.6 is 0 Å². The van der Waals surface area contributed by atoms with Crippen LogP contribution in [-0.4, -0.2) is 23.0 Å². The van der Waals surface area contributed by atoms with Crippen molar-refractivity contribution in [3.05, 3.63) is 24.3 Å². The topological polar surface area (TPSA) is 89.9 Å². The van der Waals surface area contributed by atoms with Crippen LogP contribution in [0.15, 0.2) is 24.3 Å². The van der Waals surface area contributed by atoms with Gasteiger partial charge < -0.3 is 5.11 Å². The van der Waals surface area contributed by atoms with Crippen LogP contribution in [0.3, 0.4) is 0 Å². The second-order valence-electron chi connectivity index (χ2n) is 2.23. The normalized spacial score (nSPS) is 9.50. The van der Waals surface area contributed by atoms with Crippen molar-refractivity contribution in [2.24, 2.45) is 0 Å². The fraction of sp³-hybridized carbons (Fsp3) is 0.125. The fourth-order valence-corrected chi connectivity index (χ4v) is 0.317. The van der Waals surface area contributed by atoms with Gasteiger partial charge in [0.2, 0.25) is 0 Å². The maximum Gasteiger partial charge on any atom is 0.381 e. The van der Waals surface area contributed by atoms with Crippen LogP contribution < -0.4 is 0 Å². The molecule has 0 aliphatic carbocycles. The third-order valence-electron chi connectivity index (χ3n) is 0.910. The van der Waals surface area contributed by atoms with Crippen molar-refractivity contribution < 1.29 is 29.3 Å². The maximum atomic E-state index is 10.6. The van der Waals surface area contributed by atoms with Crippen molar-refractivity contribution in [2.45, 2.75) is 6.92 Å². The molecule has 0 aromatic heterocycles. The van der Waals surface area contributed by atoms with E-state index in [1.165, 1.54) is 6.92 Å². The summed E-state index contributed by atoms with van der Waals surface area (Å²) in [5.41, 5.74) is 0.0556. The summed E-state index contributed by atoms with van der Waals surface area (Å²) in [6, 6.07) is 0. The largest absolute Gasteiger partial charge is 0.478 e. The lowest BCUT2D eigenvalue weighted by atomic mass is 10.4. The first-order valence-electron chi connectivity index (χ1n) is 3.43. The Morgan fingerprint density at radius 3 is 2.21 bits per heavy atom. The molecule has 0 aliphatic heterocycles. The van der Waals surface area contributed by atoms with Gasteiger partial charge in [-0.1, -0.05) is 6.58 Å². The summed E-state index contributed by atoms with van der Waals surface area (Å²) in [4.78, 5) is 39.1. The molecule has 0 unspecified atom stereocenters. The molecule has 0 heterocycles. The number of carboxylic acid groups (broad SMARTS) is 1. The molecule has 0 aliphatic rings. The third kappa shape index (κ3) is 5.53. The van der Waals surface area contributed by atoms with E-state index in [1.54, 1.807) is 0 Å². The highest BCUT2D eigenvalue weighted by Gasteiger charge is 2.07. The molecular formula is C8H8O6. The van der Waals surface area contributed by atoms with Gasteiger partial charge >= 0.3 is 17.9 Å². The Balaban J connectivity index is 3.92. The first-order valence-corrected chi connectivity index (χ1v) is 3.43. The standard InChI is InChI=1S/C8H8O6/c1-5(2)8(12)14-13-7(11)4-3-6(9)10/h3-4H,1H2,2H3,(H,9,10)/b4-3-. The van der Waals surface area contributed by atoms with E-state index in [-0.39, 0.29) is 5.57 Å². The molecule has 0 amide bonds. The molecule has 6 heteroatoms. The van der Waals surface area contributed by atoms with Gasteiger partial charge in [0.05, 0.1) is 0 Å². The molecule has 0 fully saturated rings. The van der Waals surface area contributed by atoms with Crippen molar-refractivity contribution in [1.82, 2.24) is 0 Å². The smallest absolute Gasteiger partial charge is 0.381 e. The molecule has 0 saturated carbocycles. The van der Waals surface area contributed by atoms with E-state index in [2.05, 4.69) is 16.4 Å². The van der Waals surface area contributed by atoms with E-state index < -0.39 is 17.9 Å².